The third-order valence-corrected chi connectivity index (χ3v) is 3.00. The van der Waals surface area contributed by atoms with Crippen molar-refractivity contribution in [2.45, 2.75) is 26.7 Å². The highest BCUT2D eigenvalue weighted by atomic mass is 32.1. The summed E-state index contributed by atoms with van der Waals surface area (Å²) in [4.78, 5) is 0. The van der Waals surface area contributed by atoms with Crippen molar-refractivity contribution in [2.75, 3.05) is 0 Å². The first kappa shape index (κ1) is 13.5. The molecule has 0 bridgehead atoms. The van der Waals surface area contributed by atoms with Crippen LogP contribution in [-0.4, -0.2) is 25.7 Å². The fourth-order valence-electron chi connectivity index (χ4n) is 1.80. The molecule has 2 N–H and O–H groups in total. The molecular formula is C13H16N4OS. The Hall–Kier alpha value is -1.95. The van der Waals surface area contributed by atoms with Gasteiger partial charge < -0.3 is 5.11 Å². The fourth-order valence-corrected chi connectivity index (χ4v) is 1.99. The van der Waals surface area contributed by atoms with Crippen LogP contribution in [-0.2, 0) is 6.42 Å². The highest BCUT2D eigenvalue weighted by Crippen LogP contribution is 2.17. The maximum absolute atomic E-state index is 9.81. The molecular weight excluding hydrogens is 260 g/mol. The number of aromatic amines is 1. The molecule has 0 fully saturated rings. The highest BCUT2D eigenvalue weighted by molar-refractivity contribution is 7.71. The molecule has 2 aromatic rings. The molecule has 0 saturated heterocycles. The fraction of sp³-hybridized carbons (Fsp3) is 0.308. The predicted octanol–water partition coefficient (Wildman–Crippen LogP) is 2.87. The van der Waals surface area contributed by atoms with Crippen LogP contribution in [0.1, 0.15) is 31.7 Å². The summed E-state index contributed by atoms with van der Waals surface area (Å²) in [5.41, 5.74) is 1.38. The van der Waals surface area contributed by atoms with Gasteiger partial charge in [0.25, 0.3) is 0 Å². The number of para-hydroxylation sites is 1. The molecule has 0 amide bonds. The van der Waals surface area contributed by atoms with Crippen LogP contribution in [0, 0.1) is 4.77 Å². The summed E-state index contributed by atoms with van der Waals surface area (Å²) in [5.74, 6) is 0.998. The van der Waals surface area contributed by atoms with Gasteiger partial charge >= 0.3 is 0 Å². The second-order valence-electron chi connectivity index (χ2n) is 4.21. The summed E-state index contributed by atoms with van der Waals surface area (Å²) in [6.07, 6.45) is 1.76. The van der Waals surface area contributed by atoms with Gasteiger partial charge in [0.1, 0.15) is 5.75 Å². The van der Waals surface area contributed by atoms with Gasteiger partial charge in [-0.3, -0.25) is 5.10 Å². The normalized spacial score (nSPS) is 11.8. The van der Waals surface area contributed by atoms with Gasteiger partial charge in [0.2, 0.25) is 4.77 Å². The largest absolute Gasteiger partial charge is 0.507 e. The van der Waals surface area contributed by atoms with E-state index in [0.717, 1.165) is 18.7 Å². The van der Waals surface area contributed by atoms with Crippen molar-refractivity contribution in [1.82, 2.24) is 14.9 Å². The van der Waals surface area contributed by atoms with Crippen LogP contribution in [0.5, 0.6) is 5.75 Å². The van der Waals surface area contributed by atoms with Crippen molar-refractivity contribution in [1.29, 1.82) is 0 Å². The van der Waals surface area contributed by atoms with Crippen molar-refractivity contribution >= 4 is 17.9 Å². The number of H-pyrrole nitrogens is 1. The van der Waals surface area contributed by atoms with E-state index in [-0.39, 0.29) is 5.75 Å². The summed E-state index contributed by atoms with van der Waals surface area (Å²) >= 11 is 5.16. The third-order valence-electron chi connectivity index (χ3n) is 2.73. The molecule has 0 saturated carbocycles. The number of nitrogens with one attached hydrogen (secondary N) is 1. The first-order valence-electron chi connectivity index (χ1n) is 6.13. The molecule has 2 rings (SSSR count). The molecule has 19 heavy (non-hydrogen) atoms. The SMILES string of the molecule is CCCc1n[nH]c(=S)n1/N=C(\C)c1ccccc1O. The van der Waals surface area contributed by atoms with Gasteiger partial charge in [0, 0.05) is 12.0 Å². The first-order chi connectivity index (χ1) is 9.13. The molecule has 0 radical (unpaired) electrons. The van der Waals surface area contributed by atoms with Gasteiger partial charge in [-0.1, -0.05) is 19.1 Å². The number of phenols is 1. The summed E-state index contributed by atoms with van der Waals surface area (Å²) in [6.45, 7) is 3.90. The summed E-state index contributed by atoms with van der Waals surface area (Å²) in [5, 5.41) is 21.1. The van der Waals surface area contributed by atoms with E-state index in [4.69, 9.17) is 12.2 Å². The minimum Gasteiger partial charge on any atom is -0.507 e. The van der Waals surface area contributed by atoms with E-state index in [9.17, 15) is 5.11 Å². The molecule has 1 aromatic carbocycles. The van der Waals surface area contributed by atoms with Gasteiger partial charge in [-0.2, -0.15) is 14.9 Å². The molecule has 0 unspecified atom stereocenters. The lowest BCUT2D eigenvalue weighted by atomic mass is 10.1. The summed E-state index contributed by atoms with van der Waals surface area (Å²) < 4.78 is 2.07. The van der Waals surface area contributed by atoms with Gasteiger partial charge in [-0.15, -0.1) is 0 Å². The summed E-state index contributed by atoms with van der Waals surface area (Å²) in [7, 11) is 0. The lowest BCUT2D eigenvalue weighted by Crippen LogP contribution is -2.04. The number of rotatable bonds is 4. The maximum Gasteiger partial charge on any atom is 0.216 e. The Morgan fingerprint density at radius 1 is 1.47 bits per heavy atom. The zero-order valence-corrected chi connectivity index (χ0v) is 11.7. The van der Waals surface area contributed by atoms with Gasteiger partial charge in [-0.25, -0.2) is 0 Å². The van der Waals surface area contributed by atoms with Gasteiger partial charge in [0.05, 0.1) is 5.71 Å². The number of benzene rings is 1. The first-order valence-corrected chi connectivity index (χ1v) is 6.54. The van der Waals surface area contributed by atoms with Crippen LogP contribution < -0.4 is 0 Å². The lowest BCUT2D eigenvalue weighted by molar-refractivity contribution is 0.474. The van der Waals surface area contributed by atoms with Crippen LogP contribution in [0.15, 0.2) is 29.4 Å². The minimum absolute atomic E-state index is 0.204. The quantitative estimate of drug-likeness (QED) is 0.666. The van der Waals surface area contributed by atoms with E-state index in [1.807, 2.05) is 19.1 Å². The van der Waals surface area contributed by atoms with E-state index >= 15 is 0 Å². The molecule has 100 valence electrons. The van der Waals surface area contributed by atoms with E-state index < -0.39 is 0 Å². The maximum atomic E-state index is 9.81. The number of aryl methyl sites for hydroxylation is 1. The van der Waals surface area contributed by atoms with Crippen LogP contribution >= 0.6 is 12.2 Å². The zero-order chi connectivity index (χ0) is 13.8. The summed E-state index contributed by atoms with van der Waals surface area (Å²) in [6, 6.07) is 7.08. The number of hydrogen-bond donors (Lipinski definition) is 2. The smallest absolute Gasteiger partial charge is 0.216 e. The molecule has 0 aliphatic heterocycles. The molecule has 0 atom stereocenters. The Morgan fingerprint density at radius 2 is 2.21 bits per heavy atom. The third kappa shape index (κ3) is 2.90. The number of aromatic hydroxyl groups is 1. The van der Waals surface area contributed by atoms with E-state index in [2.05, 4.69) is 22.2 Å². The van der Waals surface area contributed by atoms with Crippen molar-refractivity contribution in [3.63, 3.8) is 0 Å². The monoisotopic (exact) mass is 276 g/mol. The average molecular weight is 276 g/mol. The Morgan fingerprint density at radius 3 is 2.89 bits per heavy atom. The van der Waals surface area contributed by atoms with Crippen molar-refractivity contribution in [2.24, 2.45) is 5.10 Å². The van der Waals surface area contributed by atoms with E-state index in [0.29, 0.717) is 16.0 Å². The van der Waals surface area contributed by atoms with Crippen molar-refractivity contribution in [3.05, 3.63) is 40.4 Å². The molecule has 0 aliphatic rings. The Bertz CT molecular complexity index is 657. The number of aromatic nitrogens is 3. The van der Waals surface area contributed by atoms with Crippen molar-refractivity contribution < 1.29 is 5.11 Å². The standard InChI is InChI=1S/C13H16N4OS/c1-3-6-12-14-15-13(19)17(12)16-9(2)10-7-4-5-8-11(10)18/h4-5,7-8,18H,3,6H2,1-2H3,(H,15,19)/b16-9+. The second kappa shape index (κ2) is 5.79. The Kier molecular flexibility index (Phi) is 4.11. The zero-order valence-electron chi connectivity index (χ0n) is 10.9. The number of phenolic OH excluding ortho intramolecular Hbond substituents is 1. The Balaban J connectivity index is 2.44. The van der Waals surface area contributed by atoms with Gasteiger partial charge in [-0.05, 0) is 37.7 Å². The van der Waals surface area contributed by atoms with Crippen LogP contribution in [0.2, 0.25) is 0 Å². The van der Waals surface area contributed by atoms with Crippen LogP contribution in [0.4, 0.5) is 0 Å². The topological polar surface area (TPSA) is 66.2 Å². The Labute approximate surface area is 116 Å². The van der Waals surface area contributed by atoms with Gasteiger partial charge in [0.15, 0.2) is 5.82 Å². The second-order valence-corrected chi connectivity index (χ2v) is 4.60. The molecule has 0 spiro atoms. The molecule has 1 heterocycles. The van der Waals surface area contributed by atoms with Crippen LogP contribution in [0.25, 0.3) is 0 Å². The lowest BCUT2D eigenvalue weighted by Gasteiger charge is -2.05. The molecule has 6 heteroatoms. The molecule has 5 nitrogen and oxygen atoms in total. The number of nitrogens with zero attached hydrogens (tertiary/aromatic N) is 3. The average Bonchev–Trinajstić information content (AvgIpc) is 2.72. The number of hydrogen-bond acceptors (Lipinski definition) is 4. The molecule has 0 aliphatic carbocycles. The van der Waals surface area contributed by atoms with E-state index in [1.165, 1.54) is 0 Å². The predicted molar refractivity (Wildman–Crippen MR) is 77.1 cm³/mol. The highest BCUT2D eigenvalue weighted by Gasteiger charge is 2.07. The molecule has 1 aromatic heterocycles. The van der Waals surface area contributed by atoms with Crippen molar-refractivity contribution in [3.8, 4) is 5.75 Å². The van der Waals surface area contributed by atoms with Crippen LogP contribution in [0.3, 0.4) is 0 Å². The van der Waals surface area contributed by atoms with E-state index in [1.54, 1.807) is 16.8 Å². The minimum atomic E-state index is 0.204.